The number of aromatic nitrogens is 3. The van der Waals surface area contributed by atoms with E-state index in [0.717, 1.165) is 49.2 Å². The van der Waals surface area contributed by atoms with Crippen molar-refractivity contribution in [1.82, 2.24) is 25.0 Å². The van der Waals surface area contributed by atoms with Crippen LogP contribution in [-0.4, -0.2) is 46.3 Å². The lowest BCUT2D eigenvalue weighted by Gasteiger charge is -2.23. The van der Waals surface area contributed by atoms with Crippen LogP contribution < -0.4 is 10.1 Å². The van der Waals surface area contributed by atoms with E-state index in [1.807, 2.05) is 24.3 Å². The molecular weight excluding hydrogens is 388 g/mol. The van der Waals surface area contributed by atoms with Gasteiger partial charge >= 0.3 is 0 Å². The first-order valence-electron chi connectivity index (χ1n) is 10.6. The molecule has 0 fully saturated rings. The minimum atomic E-state index is 0.595. The van der Waals surface area contributed by atoms with Crippen molar-refractivity contribution in [3.8, 4) is 5.75 Å². The van der Waals surface area contributed by atoms with E-state index in [9.17, 15) is 0 Å². The molecule has 0 unspecified atom stereocenters. The van der Waals surface area contributed by atoms with Crippen molar-refractivity contribution in [3.63, 3.8) is 0 Å². The molecule has 3 aromatic rings. The van der Waals surface area contributed by atoms with E-state index in [1.165, 1.54) is 11.1 Å². The van der Waals surface area contributed by atoms with Gasteiger partial charge in [0.05, 0.1) is 13.7 Å². The van der Waals surface area contributed by atoms with Crippen molar-refractivity contribution in [2.75, 3.05) is 20.7 Å². The van der Waals surface area contributed by atoms with Gasteiger partial charge in [0.2, 0.25) is 0 Å². The number of aliphatic imine (C=N–C) groups is 1. The third-order valence-electron chi connectivity index (χ3n) is 5.12. The Morgan fingerprint density at radius 2 is 1.81 bits per heavy atom. The molecule has 0 amide bonds. The molecule has 0 atom stereocenters. The Hall–Kier alpha value is -3.35. The van der Waals surface area contributed by atoms with Gasteiger partial charge in [-0.2, -0.15) is 0 Å². The molecule has 0 aliphatic heterocycles. The maximum atomic E-state index is 5.25. The molecule has 3 rings (SSSR count). The second-order valence-corrected chi connectivity index (χ2v) is 7.55. The number of rotatable bonds is 9. The van der Waals surface area contributed by atoms with Crippen LogP contribution in [0.5, 0.6) is 5.75 Å². The Kier molecular flexibility index (Phi) is 8.04. The van der Waals surface area contributed by atoms with Gasteiger partial charge in [-0.1, -0.05) is 48.9 Å². The van der Waals surface area contributed by atoms with Gasteiger partial charge in [0.15, 0.2) is 5.96 Å². The largest absolute Gasteiger partial charge is 0.497 e. The normalized spacial score (nSPS) is 11.4. The van der Waals surface area contributed by atoms with Crippen molar-refractivity contribution < 1.29 is 4.74 Å². The highest BCUT2D eigenvalue weighted by Crippen LogP contribution is 2.12. The van der Waals surface area contributed by atoms with Crippen molar-refractivity contribution in [2.24, 2.45) is 4.99 Å². The van der Waals surface area contributed by atoms with Crippen LogP contribution in [0, 0.1) is 6.92 Å². The van der Waals surface area contributed by atoms with Crippen LogP contribution in [0.4, 0.5) is 0 Å². The van der Waals surface area contributed by atoms with Crippen LogP contribution in [0.3, 0.4) is 0 Å². The van der Waals surface area contributed by atoms with Crippen LogP contribution in [0.2, 0.25) is 0 Å². The Balaban J connectivity index is 1.68. The number of benzene rings is 2. The average Bonchev–Trinajstić information content (AvgIpc) is 3.25. The molecule has 0 saturated heterocycles. The van der Waals surface area contributed by atoms with E-state index in [0.29, 0.717) is 6.54 Å². The summed E-state index contributed by atoms with van der Waals surface area (Å²) < 4.78 is 7.32. The second kappa shape index (κ2) is 11.2. The first-order chi connectivity index (χ1) is 15.1. The number of hydrogen-bond acceptors (Lipinski definition) is 4. The molecule has 2 aromatic carbocycles. The van der Waals surface area contributed by atoms with E-state index in [1.54, 1.807) is 13.4 Å². The van der Waals surface area contributed by atoms with Gasteiger partial charge in [-0.05, 0) is 30.2 Å². The summed E-state index contributed by atoms with van der Waals surface area (Å²) in [7, 11) is 3.74. The zero-order valence-corrected chi connectivity index (χ0v) is 18.9. The van der Waals surface area contributed by atoms with E-state index in [2.05, 4.69) is 70.1 Å². The van der Waals surface area contributed by atoms with Gasteiger partial charge in [-0.25, -0.2) is 4.99 Å². The van der Waals surface area contributed by atoms with Crippen LogP contribution in [0.25, 0.3) is 0 Å². The number of nitrogens with zero attached hydrogens (tertiary/aromatic N) is 5. The summed E-state index contributed by atoms with van der Waals surface area (Å²) in [5, 5.41) is 11.7. The number of ether oxygens (including phenoxy) is 1. The summed E-state index contributed by atoms with van der Waals surface area (Å²) in [5.41, 5.74) is 3.65. The summed E-state index contributed by atoms with van der Waals surface area (Å²) in [5.74, 6) is 2.71. The number of nitrogens with one attached hydrogen (secondary N) is 1. The van der Waals surface area contributed by atoms with Gasteiger partial charge in [0.1, 0.15) is 17.9 Å². The molecule has 7 heteroatoms. The molecule has 1 heterocycles. The highest BCUT2D eigenvalue weighted by Gasteiger charge is 2.09. The minimum Gasteiger partial charge on any atom is -0.497 e. The molecule has 0 aliphatic carbocycles. The number of aryl methyl sites for hydroxylation is 2. The summed E-state index contributed by atoms with van der Waals surface area (Å²) in [6, 6.07) is 16.6. The highest BCUT2D eigenvalue weighted by atomic mass is 16.5. The lowest BCUT2D eigenvalue weighted by Crippen LogP contribution is -2.40. The monoisotopic (exact) mass is 420 g/mol. The summed E-state index contributed by atoms with van der Waals surface area (Å²) in [4.78, 5) is 7.03. The second-order valence-electron chi connectivity index (χ2n) is 7.55. The maximum Gasteiger partial charge on any atom is 0.194 e. The summed E-state index contributed by atoms with van der Waals surface area (Å²) in [6.07, 6.45) is 2.65. The molecule has 31 heavy (non-hydrogen) atoms. The van der Waals surface area contributed by atoms with Gasteiger partial charge in [0.25, 0.3) is 0 Å². The van der Waals surface area contributed by atoms with Gasteiger partial charge < -0.3 is 19.5 Å². The van der Waals surface area contributed by atoms with Gasteiger partial charge in [-0.15, -0.1) is 10.2 Å². The predicted octanol–water partition coefficient (Wildman–Crippen LogP) is 3.44. The molecule has 0 saturated carbocycles. The van der Waals surface area contributed by atoms with Crippen LogP contribution in [0.15, 0.2) is 59.9 Å². The maximum absolute atomic E-state index is 5.25. The summed E-state index contributed by atoms with van der Waals surface area (Å²) >= 11 is 0. The van der Waals surface area contributed by atoms with E-state index >= 15 is 0 Å². The first kappa shape index (κ1) is 22.3. The lowest BCUT2D eigenvalue weighted by molar-refractivity contribution is 0.414. The Morgan fingerprint density at radius 3 is 2.48 bits per heavy atom. The number of guanidine groups is 1. The molecule has 0 spiro atoms. The Morgan fingerprint density at radius 1 is 1.10 bits per heavy atom. The van der Waals surface area contributed by atoms with Crippen LogP contribution in [0.1, 0.15) is 29.4 Å². The molecule has 164 valence electrons. The fraction of sp³-hybridized carbons (Fsp3) is 0.375. The molecular formula is C24H32N6O. The fourth-order valence-electron chi connectivity index (χ4n) is 3.28. The quantitative estimate of drug-likeness (QED) is 0.424. The molecule has 0 bridgehead atoms. The zero-order valence-electron chi connectivity index (χ0n) is 18.9. The van der Waals surface area contributed by atoms with Crippen molar-refractivity contribution in [1.29, 1.82) is 0 Å². The standard InChI is InChI=1S/C24H32N6O/c1-5-23-28-27-18-30(23)15-14-25-24(26-16-20-10-12-22(31-4)13-11-20)29(3)17-21-8-6-19(2)7-9-21/h6-13,18H,5,14-17H2,1-4H3,(H,25,26). The van der Waals surface area contributed by atoms with Crippen molar-refractivity contribution in [3.05, 3.63) is 77.4 Å². The van der Waals surface area contributed by atoms with E-state index in [-0.39, 0.29) is 0 Å². The SMILES string of the molecule is CCc1nncn1CCNC(=NCc1ccc(OC)cc1)N(C)Cc1ccc(C)cc1. The number of methoxy groups -OCH3 is 1. The molecule has 0 aliphatic rings. The lowest BCUT2D eigenvalue weighted by atomic mass is 10.1. The summed E-state index contributed by atoms with van der Waals surface area (Å²) in [6.45, 7) is 7.09. The smallest absolute Gasteiger partial charge is 0.194 e. The molecule has 1 aromatic heterocycles. The van der Waals surface area contributed by atoms with Gasteiger partial charge in [0, 0.05) is 33.1 Å². The Bertz CT molecular complexity index is 962. The topological polar surface area (TPSA) is 67.6 Å². The highest BCUT2D eigenvalue weighted by molar-refractivity contribution is 5.79. The van der Waals surface area contributed by atoms with Gasteiger partial charge in [-0.3, -0.25) is 0 Å². The van der Waals surface area contributed by atoms with E-state index < -0.39 is 0 Å². The number of hydrogen-bond donors (Lipinski definition) is 1. The molecule has 1 N–H and O–H groups in total. The average molecular weight is 421 g/mol. The Labute approximate surface area is 184 Å². The van der Waals surface area contributed by atoms with Crippen LogP contribution >= 0.6 is 0 Å². The van der Waals surface area contributed by atoms with E-state index in [4.69, 9.17) is 9.73 Å². The predicted molar refractivity (Wildman–Crippen MR) is 124 cm³/mol. The van der Waals surface area contributed by atoms with Crippen LogP contribution in [-0.2, 0) is 26.1 Å². The molecule has 0 radical (unpaired) electrons. The first-order valence-corrected chi connectivity index (χ1v) is 10.6. The van der Waals surface area contributed by atoms with Crippen molar-refractivity contribution in [2.45, 2.75) is 39.9 Å². The zero-order chi connectivity index (χ0) is 22.1. The third kappa shape index (κ3) is 6.57. The van der Waals surface area contributed by atoms with Crippen molar-refractivity contribution >= 4 is 5.96 Å². The third-order valence-corrected chi connectivity index (χ3v) is 5.12. The molecule has 7 nitrogen and oxygen atoms in total. The minimum absolute atomic E-state index is 0.595. The fourth-order valence-corrected chi connectivity index (χ4v) is 3.28.